The summed E-state index contributed by atoms with van der Waals surface area (Å²) in [5.41, 5.74) is 5.60. The maximum Gasteiger partial charge on any atom is -0.00746 e. The number of nitrogens with two attached hydrogens (primary N) is 1. The van der Waals surface area contributed by atoms with Crippen LogP contribution in [0.1, 0.15) is 58.3 Å². The van der Waals surface area contributed by atoms with E-state index in [4.69, 9.17) is 5.73 Å². The van der Waals surface area contributed by atoms with Gasteiger partial charge in [0.2, 0.25) is 0 Å². The van der Waals surface area contributed by atoms with Gasteiger partial charge < -0.3 is 5.73 Å². The molecule has 0 heterocycles. The fraction of sp³-hybridized carbons (Fsp3) is 1.00. The lowest BCUT2D eigenvalue weighted by atomic mass is 9.93. The lowest BCUT2D eigenvalue weighted by molar-refractivity contribution is 0.398. The van der Waals surface area contributed by atoms with Gasteiger partial charge in [-0.25, -0.2) is 0 Å². The molecule has 1 aliphatic rings. The first-order valence-electron chi connectivity index (χ1n) is 6.06. The van der Waals surface area contributed by atoms with Gasteiger partial charge in [-0.15, -0.1) is 0 Å². The highest BCUT2D eigenvalue weighted by Gasteiger charge is 2.17. The molecule has 1 fully saturated rings. The minimum Gasteiger partial charge on any atom is -0.330 e. The Kier molecular flexibility index (Phi) is 5.45. The van der Waals surface area contributed by atoms with E-state index in [1.165, 1.54) is 51.4 Å². The second kappa shape index (κ2) is 6.42. The van der Waals surface area contributed by atoms with Crippen LogP contribution in [0.5, 0.6) is 0 Å². The first kappa shape index (κ1) is 11.0. The van der Waals surface area contributed by atoms with E-state index >= 15 is 0 Å². The molecular weight excluding hydrogens is 158 g/mol. The number of hydrogen-bond donors (Lipinski definition) is 1. The molecule has 0 bridgehead atoms. The van der Waals surface area contributed by atoms with E-state index in [0.29, 0.717) is 0 Å². The number of rotatable bonds is 4. The van der Waals surface area contributed by atoms with E-state index in [1.807, 2.05) is 0 Å². The highest BCUT2D eigenvalue weighted by atomic mass is 14.5. The van der Waals surface area contributed by atoms with Crippen LogP contribution in [-0.2, 0) is 0 Å². The zero-order valence-electron chi connectivity index (χ0n) is 9.10. The molecule has 0 saturated heterocycles. The lowest BCUT2D eigenvalue weighted by Crippen LogP contribution is -2.08. The molecule has 2 atom stereocenters. The fourth-order valence-electron chi connectivity index (χ4n) is 2.68. The van der Waals surface area contributed by atoms with Crippen LogP contribution in [0.15, 0.2) is 0 Å². The summed E-state index contributed by atoms with van der Waals surface area (Å²) in [5, 5.41) is 0. The second-order valence-corrected chi connectivity index (χ2v) is 4.61. The van der Waals surface area contributed by atoms with Crippen molar-refractivity contribution in [2.75, 3.05) is 6.54 Å². The first-order valence-corrected chi connectivity index (χ1v) is 6.06. The van der Waals surface area contributed by atoms with E-state index in [-0.39, 0.29) is 0 Å². The molecule has 2 unspecified atom stereocenters. The molecule has 0 radical (unpaired) electrons. The molecule has 1 aliphatic carbocycles. The minimum atomic E-state index is 0.892. The van der Waals surface area contributed by atoms with Crippen LogP contribution in [0, 0.1) is 11.8 Å². The monoisotopic (exact) mass is 183 g/mol. The summed E-state index contributed by atoms with van der Waals surface area (Å²) in [6.45, 7) is 3.20. The molecule has 13 heavy (non-hydrogen) atoms. The van der Waals surface area contributed by atoms with Gasteiger partial charge in [-0.3, -0.25) is 0 Å². The molecule has 0 aromatic carbocycles. The van der Waals surface area contributed by atoms with Crippen molar-refractivity contribution in [1.82, 2.24) is 0 Å². The summed E-state index contributed by atoms with van der Waals surface area (Å²) >= 11 is 0. The molecule has 1 rings (SSSR count). The van der Waals surface area contributed by atoms with Gasteiger partial charge >= 0.3 is 0 Å². The van der Waals surface area contributed by atoms with Crippen LogP contribution in [-0.4, -0.2) is 6.54 Å². The molecule has 78 valence electrons. The Labute approximate surface area is 83.1 Å². The highest BCUT2D eigenvalue weighted by molar-refractivity contribution is 4.70. The molecule has 1 saturated carbocycles. The third-order valence-corrected chi connectivity index (χ3v) is 3.48. The predicted octanol–water partition coefficient (Wildman–Crippen LogP) is 3.33. The van der Waals surface area contributed by atoms with Gasteiger partial charge in [-0.2, -0.15) is 0 Å². The van der Waals surface area contributed by atoms with Gasteiger partial charge in [0.05, 0.1) is 0 Å². The Balaban J connectivity index is 2.22. The Bertz CT molecular complexity index is 108. The van der Waals surface area contributed by atoms with Crippen LogP contribution >= 0.6 is 0 Å². The van der Waals surface area contributed by atoms with Crippen LogP contribution < -0.4 is 5.73 Å². The SMILES string of the molecule is CCCC1CCCC(CCN)CC1. The molecular formula is C12H25N. The fourth-order valence-corrected chi connectivity index (χ4v) is 2.68. The third-order valence-electron chi connectivity index (χ3n) is 3.48. The van der Waals surface area contributed by atoms with Crippen molar-refractivity contribution < 1.29 is 0 Å². The summed E-state index contributed by atoms with van der Waals surface area (Å²) in [6, 6.07) is 0. The summed E-state index contributed by atoms with van der Waals surface area (Å²) < 4.78 is 0. The first-order chi connectivity index (χ1) is 6.36. The maximum absolute atomic E-state index is 5.60. The molecule has 2 N–H and O–H groups in total. The van der Waals surface area contributed by atoms with Crippen LogP contribution in [0.4, 0.5) is 0 Å². The van der Waals surface area contributed by atoms with Crippen molar-refractivity contribution in [3.05, 3.63) is 0 Å². The average molecular weight is 183 g/mol. The van der Waals surface area contributed by atoms with Crippen molar-refractivity contribution in [1.29, 1.82) is 0 Å². The largest absolute Gasteiger partial charge is 0.330 e. The zero-order chi connectivity index (χ0) is 9.52. The summed E-state index contributed by atoms with van der Waals surface area (Å²) in [4.78, 5) is 0. The molecule has 0 aromatic heterocycles. The van der Waals surface area contributed by atoms with Crippen molar-refractivity contribution in [3.8, 4) is 0 Å². The van der Waals surface area contributed by atoms with Crippen molar-refractivity contribution in [2.24, 2.45) is 17.6 Å². The Morgan fingerprint density at radius 1 is 1.00 bits per heavy atom. The minimum absolute atomic E-state index is 0.892. The molecule has 0 spiro atoms. The number of hydrogen-bond acceptors (Lipinski definition) is 1. The zero-order valence-corrected chi connectivity index (χ0v) is 9.10. The van der Waals surface area contributed by atoms with Gasteiger partial charge in [0.15, 0.2) is 0 Å². The maximum atomic E-state index is 5.60. The summed E-state index contributed by atoms with van der Waals surface area (Å²) in [5.74, 6) is 1.99. The van der Waals surface area contributed by atoms with Crippen molar-refractivity contribution >= 4 is 0 Å². The summed E-state index contributed by atoms with van der Waals surface area (Å²) in [6.07, 6.45) is 11.4. The Morgan fingerprint density at radius 2 is 1.62 bits per heavy atom. The quantitative estimate of drug-likeness (QED) is 0.665. The van der Waals surface area contributed by atoms with E-state index in [9.17, 15) is 0 Å². The van der Waals surface area contributed by atoms with Crippen LogP contribution in [0.3, 0.4) is 0 Å². The van der Waals surface area contributed by atoms with Crippen LogP contribution in [0.2, 0.25) is 0 Å². The van der Waals surface area contributed by atoms with Gasteiger partial charge in [0.25, 0.3) is 0 Å². The van der Waals surface area contributed by atoms with E-state index < -0.39 is 0 Å². The predicted molar refractivity (Wildman–Crippen MR) is 58.6 cm³/mol. The lowest BCUT2D eigenvalue weighted by Gasteiger charge is -2.13. The molecule has 1 heteroatoms. The average Bonchev–Trinajstić information content (AvgIpc) is 2.33. The topological polar surface area (TPSA) is 26.0 Å². The van der Waals surface area contributed by atoms with E-state index in [1.54, 1.807) is 0 Å². The van der Waals surface area contributed by atoms with Gasteiger partial charge in [-0.1, -0.05) is 51.9 Å². The highest BCUT2D eigenvalue weighted by Crippen LogP contribution is 2.31. The molecule has 1 nitrogen and oxygen atoms in total. The van der Waals surface area contributed by atoms with E-state index in [2.05, 4.69) is 6.92 Å². The molecule has 0 aromatic rings. The van der Waals surface area contributed by atoms with Crippen molar-refractivity contribution in [3.63, 3.8) is 0 Å². The molecule has 0 aliphatic heterocycles. The Morgan fingerprint density at radius 3 is 2.15 bits per heavy atom. The second-order valence-electron chi connectivity index (χ2n) is 4.61. The smallest absolute Gasteiger partial charge is 0.00746 e. The van der Waals surface area contributed by atoms with Gasteiger partial charge in [0, 0.05) is 0 Å². The van der Waals surface area contributed by atoms with Crippen molar-refractivity contribution in [2.45, 2.75) is 58.3 Å². The van der Waals surface area contributed by atoms with Gasteiger partial charge in [0.1, 0.15) is 0 Å². The standard InChI is InChI=1S/C12H25N/c1-2-4-11-5-3-6-12(8-7-11)9-10-13/h11-12H,2-10,13H2,1H3. The third kappa shape index (κ3) is 4.12. The van der Waals surface area contributed by atoms with Crippen LogP contribution in [0.25, 0.3) is 0 Å². The molecule has 0 amide bonds. The summed E-state index contributed by atoms with van der Waals surface area (Å²) in [7, 11) is 0. The normalized spacial score (nSPS) is 30.0. The van der Waals surface area contributed by atoms with E-state index in [0.717, 1.165) is 18.4 Å². The Hall–Kier alpha value is -0.0400. The van der Waals surface area contributed by atoms with Gasteiger partial charge in [-0.05, 0) is 24.8 Å².